The van der Waals surface area contributed by atoms with Crippen molar-refractivity contribution in [1.29, 1.82) is 0 Å². The second-order valence-electron chi connectivity index (χ2n) is 8.00. The lowest BCUT2D eigenvalue weighted by Gasteiger charge is -2.36. The van der Waals surface area contributed by atoms with Crippen molar-refractivity contribution in [1.82, 2.24) is 4.90 Å². The van der Waals surface area contributed by atoms with Gasteiger partial charge in [-0.2, -0.15) is 0 Å². The van der Waals surface area contributed by atoms with Gasteiger partial charge < -0.3 is 24.0 Å². The number of amides is 1. The number of aryl methyl sites for hydroxylation is 1. The van der Waals surface area contributed by atoms with Gasteiger partial charge in [0.15, 0.2) is 11.5 Å². The van der Waals surface area contributed by atoms with Crippen LogP contribution in [0.2, 0.25) is 0 Å². The molecule has 1 heterocycles. The van der Waals surface area contributed by atoms with Gasteiger partial charge in [-0.1, -0.05) is 18.2 Å². The summed E-state index contributed by atoms with van der Waals surface area (Å²) in [5.41, 5.74) is 3.27. The van der Waals surface area contributed by atoms with Crippen LogP contribution in [0.5, 0.6) is 17.2 Å². The normalized spacial score (nSPS) is 15.7. The molecule has 0 N–H and O–H groups in total. The third-order valence-corrected chi connectivity index (χ3v) is 5.51. The van der Waals surface area contributed by atoms with Gasteiger partial charge in [-0.05, 0) is 62.2 Å². The van der Waals surface area contributed by atoms with E-state index in [1.165, 1.54) is 5.56 Å². The highest BCUT2D eigenvalue weighted by Crippen LogP contribution is 2.38. The number of hydrogen-bond donors (Lipinski definition) is 0. The summed E-state index contributed by atoms with van der Waals surface area (Å²) in [5.74, 6) is 2.34. The van der Waals surface area contributed by atoms with Gasteiger partial charge in [0.25, 0.3) is 0 Å². The van der Waals surface area contributed by atoms with Gasteiger partial charge in [-0.3, -0.25) is 4.79 Å². The average molecular weight is 413 g/mol. The Morgan fingerprint density at radius 2 is 1.73 bits per heavy atom. The van der Waals surface area contributed by atoms with Gasteiger partial charge in [0.1, 0.15) is 0 Å². The fourth-order valence-electron chi connectivity index (χ4n) is 4.22. The number of carbonyl (C=O) groups excluding carboxylic acids is 1. The van der Waals surface area contributed by atoms with Crippen LogP contribution in [0.25, 0.3) is 0 Å². The highest BCUT2D eigenvalue weighted by molar-refractivity contribution is 5.94. The summed E-state index contributed by atoms with van der Waals surface area (Å²) in [4.78, 5) is 17.4. The maximum absolute atomic E-state index is 13.2. The Hall–Kier alpha value is -2.73. The molecule has 2 aromatic rings. The fraction of sp³-hybridized carbons (Fsp3) is 0.458. The minimum atomic E-state index is 0.139. The molecule has 0 fully saturated rings. The first-order chi connectivity index (χ1) is 14.5. The number of para-hydroxylation sites is 1. The van der Waals surface area contributed by atoms with Crippen LogP contribution in [0, 0.1) is 5.92 Å². The predicted molar refractivity (Wildman–Crippen MR) is 119 cm³/mol. The molecule has 0 saturated carbocycles. The number of rotatable bonds is 8. The second-order valence-corrected chi connectivity index (χ2v) is 8.00. The first-order valence-corrected chi connectivity index (χ1v) is 10.3. The van der Waals surface area contributed by atoms with Crippen molar-refractivity contribution in [3.05, 3.63) is 47.5 Å². The van der Waals surface area contributed by atoms with E-state index >= 15 is 0 Å². The second kappa shape index (κ2) is 9.85. The molecule has 0 spiro atoms. The lowest BCUT2D eigenvalue weighted by molar-refractivity contribution is -0.118. The first-order valence-electron chi connectivity index (χ1n) is 10.3. The molecule has 2 aromatic carbocycles. The zero-order valence-electron chi connectivity index (χ0n) is 18.6. The summed E-state index contributed by atoms with van der Waals surface area (Å²) in [5, 5.41) is 0. The summed E-state index contributed by atoms with van der Waals surface area (Å²) >= 11 is 0. The number of carbonyl (C=O) groups is 1. The van der Waals surface area contributed by atoms with E-state index in [9.17, 15) is 4.79 Å². The van der Waals surface area contributed by atoms with Crippen molar-refractivity contribution >= 4 is 11.6 Å². The van der Waals surface area contributed by atoms with Gasteiger partial charge in [0.05, 0.1) is 21.3 Å². The Morgan fingerprint density at radius 1 is 1.07 bits per heavy atom. The van der Waals surface area contributed by atoms with E-state index in [4.69, 9.17) is 14.2 Å². The van der Waals surface area contributed by atoms with Crippen molar-refractivity contribution in [3.63, 3.8) is 0 Å². The Labute approximate surface area is 179 Å². The Bertz CT molecular complexity index is 856. The standard InChI is InChI=1S/C24H32N2O4/c1-25(2)15-18-12-19-8-6-7-9-20(19)26(16-18)23(27)11-10-17-13-21(28-3)24(30-5)22(14-17)29-4/h6-9,13-14,18H,10-12,15-16H2,1-5H3. The van der Waals surface area contributed by atoms with Crippen molar-refractivity contribution in [2.24, 2.45) is 5.92 Å². The molecule has 3 rings (SSSR count). The highest BCUT2D eigenvalue weighted by Gasteiger charge is 2.28. The van der Waals surface area contributed by atoms with Gasteiger partial charge in [-0.15, -0.1) is 0 Å². The smallest absolute Gasteiger partial charge is 0.227 e. The average Bonchev–Trinajstić information content (AvgIpc) is 2.75. The van der Waals surface area contributed by atoms with E-state index in [1.54, 1.807) is 21.3 Å². The number of methoxy groups -OCH3 is 3. The van der Waals surface area contributed by atoms with E-state index in [2.05, 4.69) is 37.2 Å². The van der Waals surface area contributed by atoms with E-state index in [1.807, 2.05) is 23.1 Å². The number of fused-ring (bicyclic) bond motifs is 1. The molecule has 1 atom stereocenters. The summed E-state index contributed by atoms with van der Waals surface area (Å²) in [6, 6.07) is 12.1. The molecule has 1 aliphatic rings. The number of benzene rings is 2. The van der Waals surface area contributed by atoms with E-state index < -0.39 is 0 Å². The lowest BCUT2D eigenvalue weighted by atomic mass is 9.91. The predicted octanol–water partition coefficient (Wildman–Crippen LogP) is 3.41. The first kappa shape index (κ1) is 22.0. The molecular weight excluding hydrogens is 380 g/mol. The number of nitrogens with zero attached hydrogens (tertiary/aromatic N) is 2. The molecule has 6 nitrogen and oxygen atoms in total. The summed E-state index contributed by atoms with van der Waals surface area (Å²) < 4.78 is 16.3. The molecule has 162 valence electrons. The van der Waals surface area contributed by atoms with Crippen molar-refractivity contribution in [2.45, 2.75) is 19.3 Å². The van der Waals surface area contributed by atoms with Crippen molar-refractivity contribution in [3.8, 4) is 17.2 Å². The van der Waals surface area contributed by atoms with Crippen LogP contribution in [0.4, 0.5) is 5.69 Å². The van der Waals surface area contributed by atoms with Gasteiger partial charge in [0, 0.05) is 25.2 Å². The third kappa shape index (κ3) is 4.87. The Morgan fingerprint density at radius 3 is 2.33 bits per heavy atom. The molecule has 0 aliphatic carbocycles. The number of ether oxygens (including phenoxy) is 3. The molecule has 6 heteroatoms. The molecule has 0 bridgehead atoms. The summed E-state index contributed by atoms with van der Waals surface area (Å²) in [7, 11) is 8.94. The molecule has 0 radical (unpaired) electrons. The maximum atomic E-state index is 13.2. The lowest BCUT2D eigenvalue weighted by Crippen LogP contribution is -2.43. The summed E-state index contributed by atoms with van der Waals surface area (Å²) in [6.07, 6.45) is 2.03. The van der Waals surface area contributed by atoms with Crippen molar-refractivity contribution in [2.75, 3.05) is 53.4 Å². The van der Waals surface area contributed by atoms with E-state index in [0.717, 1.165) is 30.8 Å². The SMILES string of the molecule is COc1cc(CCC(=O)N2CC(CN(C)C)Cc3ccccc32)cc(OC)c1OC. The van der Waals surface area contributed by atoms with Crippen LogP contribution in [0.3, 0.4) is 0 Å². The fourth-order valence-corrected chi connectivity index (χ4v) is 4.22. The van der Waals surface area contributed by atoms with Crippen LogP contribution < -0.4 is 19.1 Å². The van der Waals surface area contributed by atoms with Crippen LogP contribution in [0.1, 0.15) is 17.5 Å². The summed E-state index contributed by atoms with van der Waals surface area (Å²) in [6.45, 7) is 1.72. The molecule has 0 saturated heterocycles. The molecule has 1 aliphatic heterocycles. The molecular formula is C24H32N2O4. The molecule has 1 unspecified atom stereocenters. The Balaban J connectivity index is 1.77. The van der Waals surface area contributed by atoms with E-state index in [-0.39, 0.29) is 5.91 Å². The van der Waals surface area contributed by atoms with Gasteiger partial charge in [0.2, 0.25) is 11.7 Å². The van der Waals surface area contributed by atoms with Crippen LogP contribution in [0.15, 0.2) is 36.4 Å². The van der Waals surface area contributed by atoms with Crippen LogP contribution in [-0.2, 0) is 17.6 Å². The quantitative estimate of drug-likeness (QED) is 0.665. The zero-order valence-corrected chi connectivity index (χ0v) is 18.6. The zero-order chi connectivity index (χ0) is 21.7. The van der Waals surface area contributed by atoms with Crippen LogP contribution in [-0.4, -0.2) is 59.3 Å². The Kier molecular flexibility index (Phi) is 7.21. The minimum absolute atomic E-state index is 0.139. The highest BCUT2D eigenvalue weighted by atomic mass is 16.5. The largest absolute Gasteiger partial charge is 0.493 e. The third-order valence-electron chi connectivity index (χ3n) is 5.51. The van der Waals surface area contributed by atoms with Crippen molar-refractivity contribution < 1.29 is 19.0 Å². The molecule has 1 amide bonds. The van der Waals surface area contributed by atoms with Crippen LogP contribution >= 0.6 is 0 Å². The van der Waals surface area contributed by atoms with E-state index in [0.29, 0.717) is 36.0 Å². The minimum Gasteiger partial charge on any atom is -0.493 e. The molecule has 30 heavy (non-hydrogen) atoms. The molecule has 0 aromatic heterocycles. The number of anilines is 1. The monoisotopic (exact) mass is 412 g/mol. The van der Waals surface area contributed by atoms with Gasteiger partial charge in [-0.25, -0.2) is 0 Å². The maximum Gasteiger partial charge on any atom is 0.227 e. The topological polar surface area (TPSA) is 51.2 Å². The van der Waals surface area contributed by atoms with Gasteiger partial charge >= 0.3 is 0 Å². The number of hydrogen-bond acceptors (Lipinski definition) is 5.